The van der Waals surface area contributed by atoms with Crippen LogP contribution in [0.3, 0.4) is 0 Å². The van der Waals surface area contributed by atoms with Crippen LogP contribution in [0, 0.1) is 20.1 Å². The van der Waals surface area contributed by atoms with Crippen LogP contribution < -0.4 is 0 Å². The van der Waals surface area contributed by atoms with Crippen LogP contribution in [0.1, 0.15) is 11.3 Å². The minimum atomic E-state index is 0.957. The van der Waals surface area contributed by atoms with Gasteiger partial charge >= 0.3 is 0 Å². The van der Waals surface area contributed by atoms with Gasteiger partial charge in [-0.2, -0.15) is 0 Å². The van der Waals surface area contributed by atoms with Crippen LogP contribution in [-0.2, 0) is 0 Å². The molecule has 2 rings (SSSR count). The first kappa shape index (κ1) is 6.47. The van der Waals surface area contributed by atoms with Crippen molar-refractivity contribution in [3.8, 4) is 0 Å². The van der Waals surface area contributed by atoms with Crippen LogP contribution in [0.5, 0.6) is 0 Å². The lowest BCUT2D eigenvalue weighted by atomic mass is 10.1. The van der Waals surface area contributed by atoms with Gasteiger partial charge in [-0.25, -0.2) is 0 Å². The van der Waals surface area contributed by atoms with Crippen molar-refractivity contribution in [3.05, 3.63) is 35.8 Å². The maximum absolute atomic E-state index is 5.17. The van der Waals surface area contributed by atoms with E-state index in [9.17, 15) is 0 Å². The second-order valence-electron chi connectivity index (χ2n) is 2.76. The molecular weight excluding hydrogens is 136 g/mol. The van der Waals surface area contributed by atoms with Gasteiger partial charge in [0.15, 0.2) is 6.26 Å². The van der Waals surface area contributed by atoms with Crippen molar-refractivity contribution in [3.63, 3.8) is 0 Å². The van der Waals surface area contributed by atoms with Gasteiger partial charge in [-0.1, -0.05) is 18.2 Å². The van der Waals surface area contributed by atoms with Gasteiger partial charge in [0.2, 0.25) is 0 Å². The molecule has 0 aliphatic rings. The third-order valence-corrected chi connectivity index (χ3v) is 1.94. The number of aryl methyl sites for hydroxylation is 2. The lowest BCUT2D eigenvalue weighted by Gasteiger charge is -1.93. The van der Waals surface area contributed by atoms with E-state index >= 15 is 0 Å². The molecule has 55 valence electrons. The lowest BCUT2D eigenvalue weighted by Crippen LogP contribution is -1.73. The van der Waals surface area contributed by atoms with Crippen molar-refractivity contribution < 1.29 is 4.42 Å². The summed E-state index contributed by atoms with van der Waals surface area (Å²) < 4.78 is 5.17. The molecule has 0 atom stereocenters. The van der Waals surface area contributed by atoms with E-state index in [-0.39, 0.29) is 0 Å². The van der Waals surface area contributed by atoms with Gasteiger partial charge in [0.25, 0.3) is 0 Å². The summed E-state index contributed by atoms with van der Waals surface area (Å²) in [7, 11) is 0. The van der Waals surface area contributed by atoms with Crippen molar-refractivity contribution in [1.29, 1.82) is 0 Å². The first-order valence-electron chi connectivity index (χ1n) is 3.65. The van der Waals surface area contributed by atoms with Gasteiger partial charge in [-0.3, -0.25) is 0 Å². The van der Waals surface area contributed by atoms with E-state index in [0.717, 1.165) is 11.1 Å². The summed E-state index contributed by atoms with van der Waals surface area (Å²) in [6.07, 6.45) is 2.85. The molecule has 1 heterocycles. The molecule has 0 aliphatic heterocycles. The Balaban J connectivity index is 2.96. The highest BCUT2D eigenvalue weighted by Crippen LogP contribution is 2.22. The van der Waals surface area contributed by atoms with E-state index in [4.69, 9.17) is 4.42 Å². The summed E-state index contributed by atoms with van der Waals surface area (Å²) >= 11 is 0. The van der Waals surface area contributed by atoms with Gasteiger partial charge in [0, 0.05) is 10.8 Å². The summed E-state index contributed by atoms with van der Waals surface area (Å²) in [6, 6.07) is 6.11. The first-order valence-corrected chi connectivity index (χ1v) is 3.65. The van der Waals surface area contributed by atoms with Gasteiger partial charge in [0.1, 0.15) is 5.76 Å². The van der Waals surface area contributed by atoms with Crippen molar-refractivity contribution in [2.75, 3.05) is 0 Å². The number of furan rings is 1. The van der Waals surface area contributed by atoms with Gasteiger partial charge < -0.3 is 4.42 Å². The van der Waals surface area contributed by atoms with Crippen molar-refractivity contribution in [2.24, 2.45) is 0 Å². The van der Waals surface area contributed by atoms with Crippen molar-refractivity contribution in [1.82, 2.24) is 0 Å². The van der Waals surface area contributed by atoms with E-state index in [0.29, 0.717) is 0 Å². The first-order chi connectivity index (χ1) is 5.29. The fourth-order valence-electron chi connectivity index (χ4n) is 1.40. The quantitative estimate of drug-likeness (QED) is 0.555. The Bertz CT molecular complexity index is 385. The Morgan fingerprint density at radius 2 is 2.09 bits per heavy atom. The van der Waals surface area contributed by atoms with Crippen LogP contribution >= 0.6 is 0 Å². The monoisotopic (exact) mass is 145 g/mol. The molecule has 1 nitrogen and oxygen atoms in total. The Kier molecular flexibility index (Phi) is 1.25. The zero-order valence-electron chi connectivity index (χ0n) is 6.64. The van der Waals surface area contributed by atoms with E-state index < -0.39 is 0 Å². The maximum Gasteiger partial charge on any atom is 0.178 e. The average molecular weight is 145 g/mol. The van der Waals surface area contributed by atoms with Crippen LogP contribution in [0.4, 0.5) is 0 Å². The topological polar surface area (TPSA) is 13.1 Å². The van der Waals surface area contributed by atoms with Gasteiger partial charge in [0.05, 0.1) is 0 Å². The molecule has 2 aromatic rings. The van der Waals surface area contributed by atoms with E-state index in [1.807, 2.05) is 19.1 Å². The number of hydrogen-bond acceptors (Lipinski definition) is 1. The van der Waals surface area contributed by atoms with Gasteiger partial charge in [-0.15, -0.1) is 0 Å². The second kappa shape index (κ2) is 2.12. The predicted octanol–water partition coefficient (Wildman–Crippen LogP) is 2.85. The molecule has 0 N–H and O–H groups in total. The normalized spacial score (nSPS) is 10.7. The van der Waals surface area contributed by atoms with Gasteiger partial charge in [-0.05, 0) is 19.4 Å². The molecule has 1 heteroatoms. The SMILES string of the molecule is Cc1cccc2[c]oc(C)c12. The van der Waals surface area contributed by atoms with Crippen LogP contribution in [0.2, 0.25) is 0 Å². The summed E-state index contributed by atoms with van der Waals surface area (Å²) in [5, 5.41) is 2.27. The van der Waals surface area contributed by atoms with E-state index in [2.05, 4.69) is 19.3 Å². The highest BCUT2D eigenvalue weighted by atomic mass is 16.3. The molecule has 0 unspecified atom stereocenters. The molecule has 0 aliphatic carbocycles. The molecule has 0 fully saturated rings. The van der Waals surface area contributed by atoms with E-state index in [1.165, 1.54) is 10.9 Å². The molecule has 1 radical (unpaired) electrons. The smallest absolute Gasteiger partial charge is 0.178 e. The summed E-state index contributed by atoms with van der Waals surface area (Å²) in [5.41, 5.74) is 1.25. The molecule has 0 bridgehead atoms. The number of hydrogen-bond donors (Lipinski definition) is 0. The minimum Gasteiger partial charge on any atom is -0.457 e. The second-order valence-corrected chi connectivity index (χ2v) is 2.76. The molecule has 11 heavy (non-hydrogen) atoms. The third kappa shape index (κ3) is 0.845. The van der Waals surface area contributed by atoms with Crippen LogP contribution in [0.15, 0.2) is 22.6 Å². The molecule has 1 aromatic heterocycles. The highest BCUT2D eigenvalue weighted by molar-refractivity contribution is 5.86. The largest absolute Gasteiger partial charge is 0.457 e. The Labute approximate surface area is 65.6 Å². The number of rotatable bonds is 0. The molecule has 1 aromatic carbocycles. The van der Waals surface area contributed by atoms with Crippen LogP contribution in [-0.4, -0.2) is 0 Å². The number of benzene rings is 1. The standard InChI is InChI=1S/C10H9O/c1-7-4-3-5-9-6-11-8(2)10(7)9/h3-5H,1-2H3. The van der Waals surface area contributed by atoms with Crippen molar-refractivity contribution >= 4 is 10.8 Å². The molecule has 0 saturated heterocycles. The molecule has 0 amide bonds. The highest BCUT2D eigenvalue weighted by Gasteiger charge is 2.03. The summed E-state index contributed by atoms with van der Waals surface area (Å²) in [4.78, 5) is 0. The number of fused-ring (bicyclic) bond motifs is 1. The Morgan fingerprint density at radius 3 is 2.82 bits per heavy atom. The maximum atomic E-state index is 5.17. The predicted molar refractivity (Wildman–Crippen MR) is 44.5 cm³/mol. The van der Waals surface area contributed by atoms with Crippen molar-refractivity contribution in [2.45, 2.75) is 13.8 Å². The molecule has 0 saturated carbocycles. The average Bonchev–Trinajstić information content (AvgIpc) is 2.34. The summed E-state index contributed by atoms with van der Waals surface area (Å²) in [5.74, 6) is 0.957. The Hall–Kier alpha value is -1.24. The fourth-order valence-corrected chi connectivity index (χ4v) is 1.40. The Morgan fingerprint density at radius 1 is 1.27 bits per heavy atom. The fraction of sp³-hybridized carbons (Fsp3) is 0.200. The lowest BCUT2D eigenvalue weighted by molar-refractivity contribution is 0.531. The van der Waals surface area contributed by atoms with E-state index in [1.54, 1.807) is 0 Å². The van der Waals surface area contributed by atoms with Crippen LogP contribution in [0.25, 0.3) is 10.8 Å². The third-order valence-electron chi connectivity index (χ3n) is 1.94. The zero-order valence-corrected chi connectivity index (χ0v) is 6.64. The molecular formula is C10H9O. The summed E-state index contributed by atoms with van der Waals surface area (Å²) in [6.45, 7) is 4.05. The minimum absolute atomic E-state index is 0.957. The molecule has 0 spiro atoms. The zero-order chi connectivity index (χ0) is 7.84.